The first-order chi connectivity index (χ1) is 8.57. The molecule has 0 bridgehead atoms. The van der Waals surface area contributed by atoms with Crippen molar-refractivity contribution in [3.8, 4) is 5.75 Å². The number of aliphatic carboxylic acids is 1. The molecule has 3 rings (SSSR count). The maximum Gasteiger partial charge on any atom is 0.304 e. The standard InChI is InChI=1S/C13H14ClNO3/c1-18-9-3-2-8(14)11-7(6-10(16)17)13(4-5-13)15-12(9)11/h2-3,7,15H,4-6H2,1H3,(H,16,17). The average Bonchev–Trinajstić information content (AvgIpc) is 3.00. The van der Waals surface area contributed by atoms with Gasteiger partial charge in [0, 0.05) is 22.0 Å². The molecule has 0 radical (unpaired) electrons. The van der Waals surface area contributed by atoms with Gasteiger partial charge in [-0.15, -0.1) is 0 Å². The summed E-state index contributed by atoms with van der Waals surface area (Å²) in [6, 6.07) is 3.59. The maximum atomic E-state index is 11.0. The Hall–Kier alpha value is -1.42. The molecule has 1 fully saturated rings. The quantitative estimate of drug-likeness (QED) is 0.884. The van der Waals surface area contributed by atoms with E-state index in [0.717, 1.165) is 29.8 Å². The zero-order valence-electron chi connectivity index (χ0n) is 10.00. The molecule has 2 N–H and O–H groups in total. The van der Waals surface area contributed by atoms with Gasteiger partial charge in [-0.3, -0.25) is 4.79 Å². The van der Waals surface area contributed by atoms with Crippen LogP contribution in [0.5, 0.6) is 5.75 Å². The maximum absolute atomic E-state index is 11.0. The van der Waals surface area contributed by atoms with E-state index in [1.165, 1.54) is 0 Å². The Labute approximate surface area is 110 Å². The van der Waals surface area contributed by atoms with Crippen molar-refractivity contribution in [1.29, 1.82) is 0 Å². The number of anilines is 1. The van der Waals surface area contributed by atoms with Gasteiger partial charge in [-0.1, -0.05) is 11.6 Å². The highest BCUT2D eigenvalue weighted by molar-refractivity contribution is 6.32. The Morgan fingerprint density at radius 1 is 1.61 bits per heavy atom. The summed E-state index contributed by atoms with van der Waals surface area (Å²) >= 11 is 6.24. The molecular formula is C13H14ClNO3. The minimum atomic E-state index is -0.792. The van der Waals surface area contributed by atoms with Gasteiger partial charge in [0.25, 0.3) is 0 Å². The summed E-state index contributed by atoms with van der Waals surface area (Å²) in [4.78, 5) is 11.0. The lowest BCUT2D eigenvalue weighted by atomic mass is 9.90. The highest BCUT2D eigenvalue weighted by Crippen LogP contribution is 2.60. The molecule has 4 nitrogen and oxygen atoms in total. The molecule has 1 heterocycles. The summed E-state index contributed by atoms with van der Waals surface area (Å²) in [6.45, 7) is 0. The van der Waals surface area contributed by atoms with Crippen LogP contribution >= 0.6 is 11.6 Å². The fourth-order valence-corrected chi connectivity index (χ4v) is 3.20. The number of methoxy groups -OCH3 is 1. The van der Waals surface area contributed by atoms with E-state index in [4.69, 9.17) is 21.4 Å². The number of hydrogen-bond donors (Lipinski definition) is 2. The number of ether oxygens (including phenoxy) is 1. The molecule has 18 heavy (non-hydrogen) atoms. The minimum absolute atomic E-state index is 0.0624. The van der Waals surface area contributed by atoms with E-state index in [0.29, 0.717) is 5.02 Å². The molecular weight excluding hydrogens is 254 g/mol. The Morgan fingerprint density at radius 3 is 2.89 bits per heavy atom. The fraction of sp³-hybridized carbons (Fsp3) is 0.462. The highest BCUT2D eigenvalue weighted by Gasteiger charge is 2.56. The molecule has 1 saturated carbocycles. The van der Waals surface area contributed by atoms with Crippen molar-refractivity contribution in [3.63, 3.8) is 0 Å². The molecule has 1 aliphatic carbocycles. The van der Waals surface area contributed by atoms with Crippen LogP contribution in [-0.2, 0) is 4.79 Å². The van der Waals surface area contributed by atoms with Crippen LogP contribution in [0.15, 0.2) is 12.1 Å². The van der Waals surface area contributed by atoms with E-state index in [1.54, 1.807) is 13.2 Å². The number of rotatable bonds is 3. The molecule has 0 saturated heterocycles. The predicted molar refractivity (Wildman–Crippen MR) is 68.6 cm³/mol. The summed E-state index contributed by atoms with van der Waals surface area (Å²) in [7, 11) is 1.61. The molecule has 5 heteroatoms. The van der Waals surface area contributed by atoms with Crippen molar-refractivity contribution in [3.05, 3.63) is 22.7 Å². The van der Waals surface area contributed by atoms with Crippen LogP contribution in [0.2, 0.25) is 5.02 Å². The van der Waals surface area contributed by atoms with Gasteiger partial charge in [-0.05, 0) is 25.0 Å². The molecule has 1 unspecified atom stereocenters. The second-order valence-corrected chi connectivity index (χ2v) is 5.38. The smallest absolute Gasteiger partial charge is 0.304 e. The zero-order chi connectivity index (χ0) is 12.9. The van der Waals surface area contributed by atoms with Crippen molar-refractivity contribution in [2.24, 2.45) is 0 Å². The van der Waals surface area contributed by atoms with Gasteiger partial charge in [-0.25, -0.2) is 0 Å². The lowest BCUT2D eigenvalue weighted by molar-refractivity contribution is -0.137. The Kier molecular flexibility index (Phi) is 2.45. The molecule has 1 aliphatic heterocycles. The first-order valence-electron chi connectivity index (χ1n) is 5.94. The molecule has 96 valence electrons. The van der Waals surface area contributed by atoms with Crippen LogP contribution in [0.3, 0.4) is 0 Å². The summed E-state index contributed by atoms with van der Waals surface area (Å²) in [5.74, 6) is -0.124. The molecule has 1 atom stereocenters. The molecule has 2 aliphatic rings. The number of benzene rings is 1. The molecule has 1 spiro atoms. The third-order valence-electron chi connectivity index (χ3n) is 3.93. The van der Waals surface area contributed by atoms with Crippen LogP contribution < -0.4 is 10.1 Å². The molecule has 1 aromatic rings. The Balaban J connectivity index is 2.10. The molecule has 0 aromatic heterocycles. The highest BCUT2D eigenvalue weighted by atomic mass is 35.5. The van der Waals surface area contributed by atoms with Crippen LogP contribution in [-0.4, -0.2) is 23.7 Å². The second kappa shape index (κ2) is 3.79. The van der Waals surface area contributed by atoms with Crippen LogP contribution in [0, 0.1) is 0 Å². The van der Waals surface area contributed by atoms with Gasteiger partial charge >= 0.3 is 5.97 Å². The van der Waals surface area contributed by atoms with Crippen molar-refractivity contribution in [2.45, 2.75) is 30.7 Å². The third-order valence-corrected chi connectivity index (χ3v) is 4.26. The largest absolute Gasteiger partial charge is 0.495 e. The van der Waals surface area contributed by atoms with Crippen molar-refractivity contribution in [2.75, 3.05) is 12.4 Å². The van der Waals surface area contributed by atoms with E-state index in [1.807, 2.05) is 6.07 Å². The number of halogens is 1. The monoisotopic (exact) mass is 267 g/mol. The van der Waals surface area contributed by atoms with E-state index in [-0.39, 0.29) is 17.9 Å². The van der Waals surface area contributed by atoms with Crippen molar-refractivity contribution < 1.29 is 14.6 Å². The Morgan fingerprint density at radius 2 is 2.33 bits per heavy atom. The topological polar surface area (TPSA) is 58.6 Å². The second-order valence-electron chi connectivity index (χ2n) is 4.97. The van der Waals surface area contributed by atoms with Gasteiger partial charge in [0.2, 0.25) is 0 Å². The SMILES string of the molecule is COc1ccc(Cl)c2c1NC1(CC1)C2CC(=O)O. The fourth-order valence-electron chi connectivity index (χ4n) is 2.91. The van der Waals surface area contributed by atoms with Gasteiger partial charge < -0.3 is 15.2 Å². The molecule has 1 aromatic carbocycles. The normalized spacial score (nSPS) is 22.4. The third kappa shape index (κ3) is 1.56. The first-order valence-corrected chi connectivity index (χ1v) is 6.31. The number of carboxylic acid groups (broad SMARTS) is 1. The van der Waals surface area contributed by atoms with Gasteiger partial charge in [0.1, 0.15) is 5.75 Å². The average molecular weight is 268 g/mol. The number of carboxylic acids is 1. The number of hydrogen-bond acceptors (Lipinski definition) is 3. The number of nitrogens with one attached hydrogen (secondary N) is 1. The summed E-state index contributed by atoms with van der Waals surface area (Å²) in [5, 5.41) is 13.1. The number of fused-ring (bicyclic) bond motifs is 1. The van der Waals surface area contributed by atoms with E-state index in [2.05, 4.69) is 5.32 Å². The van der Waals surface area contributed by atoms with Crippen LogP contribution in [0.1, 0.15) is 30.7 Å². The van der Waals surface area contributed by atoms with Crippen molar-refractivity contribution >= 4 is 23.3 Å². The van der Waals surface area contributed by atoms with E-state index >= 15 is 0 Å². The summed E-state index contributed by atoms with van der Waals surface area (Å²) < 4.78 is 5.32. The molecule has 0 amide bonds. The van der Waals surface area contributed by atoms with E-state index < -0.39 is 5.97 Å². The summed E-state index contributed by atoms with van der Waals surface area (Å²) in [5.41, 5.74) is 1.66. The minimum Gasteiger partial charge on any atom is -0.495 e. The predicted octanol–water partition coefficient (Wildman–Crippen LogP) is 2.87. The first kappa shape index (κ1) is 11.7. The van der Waals surface area contributed by atoms with Gasteiger partial charge in [0.05, 0.1) is 19.2 Å². The number of carbonyl (C=O) groups is 1. The van der Waals surface area contributed by atoms with Gasteiger partial charge in [-0.2, -0.15) is 0 Å². The lowest BCUT2D eigenvalue weighted by Crippen LogP contribution is -2.24. The summed E-state index contributed by atoms with van der Waals surface area (Å²) in [6.07, 6.45) is 2.07. The van der Waals surface area contributed by atoms with Crippen LogP contribution in [0.4, 0.5) is 5.69 Å². The lowest BCUT2D eigenvalue weighted by Gasteiger charge is -2.17. The van der Waals surface area contributed by atoms with Crippen LogP contribution in [0.25, 0.3) is 0 Å². The van der Waals surface area contributed by atoms with Crippen molar-refractivity contribution in [1.82, 2.24) is 0 Å². The van der Waals surface area contributed by atoms with Gasteiger partial charge in [0.15, 0.2) is 0 Å². The van der Waals surface area contributed by atoms with E-state index in [9.17, 15) is 4.79 Å². The Bertz CT molecular complexity index is 525. The zero-order valence-corrected chi connectivity index (χ0v) is 10.8.